The fourth-order valence-corrected chi connectivity index (χ4v) is 0.838. The molecule has 0 bridgehead atoms. The van der Waals surface area contributed by atoms with Crippen molar-refractivity contribution in [3.63, 3.8) is 0 Å². The standard InChI is InChI=1S/C6H7NO3S/c1-5-2-3-6(4-7-5)10-11(8)9/h2-4H,1H3,(H,8,9)/p-1. The predicted octanol–water partition coefficient (Wildman–Crippen LogP) is 0.563. The summed E-state index contributed by atoms with van der Waals surface area (Å²) in [5.41, 5.74) is 0.814. The molecule has 0 aliphatic heterocycles. The van der Waals surface area contributed by atoms with Crippen LogP contribution in [-0.2, 0) is 11.4 Å². The second-order valence-electron chi connectivity index (χ2n) is 1.92. The second kappa shape index (κ2) is 3.45. The Kier molecular flexibility index (Phi) is 2.56. The average Bonchev–Trinajstić information content (AvgIpc) is 1.93. The number of nitrogens with zero attached hydrogens (tertiary/aromatic N) is 1. The van der Waals surface area contributed by atoms with Crippen molar-refractivity contribution in [3.05, 3.63) is 24.0 Å². The van der Waals surface area contributed by atoms with Gasteiger partial charge in [0.15, 0.2) is 5.75 Å². The summed E-state index contributed by atoms with van der Waals surface area (Å²) in [6.45, 7) is 1.80. The van der Waals surface area contributed by atoms with E-state index >= 15 is 0 Å². The van der Waals surface area contributed by atoms with E-state index in [-0.39, 0.29) is 5.75 Å². The molecule has 1 heterocycles. The van der Waals surface area contributed by atoms with E-state index < -0.39 is 11.4 Å². The molecule has 0 fully saturated rings. The van der Waals surface area contributed by atoms with Crippen molar-refractivity contribution < 1.29 is 12.9 Å². The zero-order valence-corrected chi connectivity index (χ0v) is 6.63. The Balaban J connectivity index is 2.74. The lowest BCUT2D eigenvalue weighted by Crippen LogP contribution is -1.98. The van der Waals surface area contributed by atoms with Gasteiger partial charge in [-0.05, 0) is 19.1 Å². The van der Waals surface area contributed by atoms with Crippen LogP contribution in [0.15, 0.2) is 18.3 Å². The maximum absolute atomic E-state index is 10.0. The van der Waals surface area contributed by atoms with Gasteiger partial charge < -0.3 is 8.74 Å². The zero-order chi connectivity index (χ0) is 8.27. The fraction of sp³-hybridized carbons (Fsp3) is 0.167. The van der Waals surface area contributed by atoms with Gasteiger partial charge in [-0.25, -0.2) is 4.21 Å². The van der Waals surface area contributed by atoms with Gasteiger partial charge in [0.1, 0.15) is 11.4 Å². The van der Waals surface area contributed by atoms with Crippen LogP contribution >= 0.6 is 0 Å². The highest BCUT2D eigenvalue weighted by atomic mass is 32.2. The Morgan fingerprint density at radius 3 is 2.82 bits per heavy atom. The molecular weight excluding hydrogens is 166 g/mol. The highest BCUT2D eigenvalue weighted by Gasteiger charge is 1.91. The fourth-order valence-electron chi connectivity index (χ4n) is 0.582. The summed E-state index contributed by atoms with van der Waals surface area (Å²) in [5.74, 6) is 0.226. The normalized spacial score (nSPS) is 12.5. The van der Waals surface area contributed by atoms with E-state index in [9.17, 15) is 8.76 Å². The van der Waals surface area contributed by atoms with Crippen molar-refractivity contribution in [3.8, 4) is 5.75 Å². The van der Waals surface area contributed by atoms with Crippen LogP contribution in [0.25, 0.3) is 0 Å². The van der Waals surface area contributed by atoms with Crippen LogP contribution in [0.1, 0.15) is 5.69 Å². The highest BCUT2D eigenvalue weighted by molar-refractivity contribution is 7.74. The molecule has 1 rings (SSSR count). The summed E-state index contributed by atoms with van der Waals surface area (Å²) in [7, 11) is 0. The van der Waals surface area contributed by atoms with E-state index in [0.717, 1.165) is 5.69 Å². The summed E-state index contributed by atoms with van der Waals surface area (Å²) < 4.78 is 24.3. The molecule has 1 aromatic heterocycles. The molecule has 0 saturated heterocycles. The molecule has 60 valence electrons. The first kappa shape index (κ1) is 8.16. The lowest BCUT2D eigenvalue weighted by molar-refractivity contribution is 0.439. The molecule has 1 unspecified atom stereocenters. The molecule has 1 aromatic rings. The largest absolute Gasteiger partial charge is 0.740 e. The average molecular weight is 172 g/mol. The molecule has 0 amide bonds. The first-order chi connectivity index (χ1) is 5.18. The van der Waals surface area contributed by atoms with Gasteiger partial charge in [0.2, 0.25) is 0 Å². The van der Waals surface area contributed by atoms with E-state index in [1.807, 2.05) is 0 Å². The molecule has 11 heavy (non-hydrogen) atoms. The minimum absolute atomic E-state index is 0.226. The van der Waals surface area contributed by atoms with Gasteiger partial charge in [-0.3, -0.25) is 4.98 Å². The summed E-state index contributed by atoms with van der Waals surface area (Å²) in [4.78, 5) is 3.83. The minimum Gasteiger partial charge on any atom is -0.740 e. The summed E-state index contributed by atoms with van der Waals surface area (Å²) in [5, 5.41) is 0. The number of rotatable bonds is 2. The van der Waals surface area contributed by atoms with Gasteiger partial charge in [0.25, 0.3) is 0 Å². The van der Waals surface area contributed by atoms with Crippen LogP contribution in [0, 0.1) is 6.92 Å². The van der Waals surface area contributed by atoms with E-state index in [4.69, 9.17) is 0 Å². The molecular formula is C6H6NO3S-. The van der Waals surface area contributed by atoms with E-state index in [0.29, 0.717) is 0 Å². The molecule has 0 saturated carbocycles. The summed E-state index contributed by atoms with van der Waals surface area (Å²) in [6.07, 6.45) is 1.35. The zero-order valence-electron chi connectivity index (χ0n) is 5.81. The Morgan fingerprint density at radius 1 is 1.64 bits per heavy atom. The van der Waals surface area contributed by atoms with E-state index in [2.05, 4.69) is 9.17 Å². The lowest BCUT2D eigenvalue weighted by Gasteiger charge is -2.05. The lowest BCUT2D eigenvalue weighted by atomic mass is 10.4. The van der Waals surface area contributed by atoms with Crippen LogP contribution in [0.5, 0.6) is 5.75 Å². The molecule has 0 radical (unpaired) electrons. The summed E-state index contributed by atoms with van der Waals surface area (Å²) in [6, 6.07) is 3.21. The molecule has 0 N–H and O–H groups in total. The predicted molar refractivity (Wildman–Crippen MR) is 38.5 cm³/mol. The van der Waals surface area contributed by atoms with Crippen molar-refractivity contribution >= 4 is 11.4 Å². The monoisotopic (exact) mass is 172 g/mol. The van der Waals surface area contributed by atoms with E-state index in [1.54, 1.807) is 13.0 Å². The van der Waals surface area contributed by atoms with Gasteiger partial charge in [-0.15, -0.1) is 0 Å². The van der Waals surface area contributed by atoms with Crippen molar-refractivity contribution in [2.75, 3.05) is 0 Å². The molecule has 0 aliphatic carbocycles. The smallest absolute Gasteiger partial charge is 0.157 e. The molecule has 4 nitrogen and oxygen atoms in total. The first-order valence-electron chi connectivity index (χ1n) is 2.89. The third kappa shape index (κ3) is 2.65. The number of aryl methyl sites for hydroxylation is 1. The topological polar surface area (TPSA) is 62.2 Å². The first-order valence-corrected chi connectivity index (χ1v) is 3.89. The Morgan fingerprint density at radius 2 is 2.36 bits per heavy atom. The van der Waals surface area contributed by atoms with Gasteiger partial charge >= 0.3 is 0 Å². The Labute approximate surface area is 66.7 Å². The van der Waals surface area contributed by atoms with Crippen molar-refractivity contribution in [2.24, 2.45) is 0 Å². The minimum atomic E-state index is -2.51. The van der Waals surface area contributed by atoms with Crippen LogP contribution in [0.2, 0.25) is 0 Å². The third-order valence-electron chi connectivity index (χ3n) is 1.05. The van der Waals surface area contributed by atoms with Crippen molar-refractivity contribution in [1.82, 2.24) is 4.98 Å². The molecule has 1 atom stereocenters. The Hall–Kier alpha value is -0.940. The summed E-state index contributed by atoms with van der Waals surface area (Å²) >= 11 is -2.51. The molecule has 5 heteroatoms. The number of hydrogen-bond donors (Lipinski definition) is 0. The van der Waals surface area contributed by atoms with Gasteiger partial charge in [0.05, 0.1) is 6.20 Å². The molecule has 0 aliphatic rings. The van der Waals surface area contributed by atoms with E-state index in [1.165, 1.54) is 12.3 Å². The van der Waals surface area contributed by atoms with Crippen LogP contribution < -0.4 is 4.18 Å². The number of pyridine rings is 1. The molecule has 0 spiro atoms. The highest BCUT2D eigenvalue weighted by Crippen LogP contribution is 2.08. The van der Waals surface area contributed by atoms with Gasteiger partial charge in [0, 0.05) is 5.69 Å². The van der Waals surface area contributed by atoms with Gasteiger partial charge in [-0.2, -0.15) is 0 Å². The Bertz CT molecular complexity index is 259. The number of aromatic nitrogens is 1. The molecule has 0 aromatic carbocycles. The maximum Gasteiger partial charge on any atom is 0.157 e. The van der Waals surface area contributed by atoms with Gasteiger partial charge in [-0.1, -0.05) is 0 Å². The van der Waals surface area contributed by atoms with Crippen LogP contribution in [0.4, 0.5) is 0 Å². The quantitative estimate of drug-likeness (QED) is 0.611. The van der Waals surface area contributed by atoms with Crippen LogP contribution in [0.3, 0.4) is 0 Å². The third-order valence-corrected chi connectivity index (χ3v) is 1.38. The van der Waals surface area contributed by atoms with Crippen molar-refractivity contribution in [2.45, 2.75) is 6.92 Å². The van der Waals surface area contributed by atoms with Crippen LogP contribution in [-0.4, -0.2) is 13.7 Å². The SMILES string of the molecule is Cc1ccc(OS(=O)[O-])cn1. The maximum atomic E-state index is 10.0. The number of hydrogen-bond acceptors (Lipinski definition) is 4. The van der Waals surface area contributed by atoms with Crippen molar-refractivity contribution in [1.29, 1.82) is 0 Å². The second-order valence-corrected chi connectivity index (χ2v) is 2.50.